The maximum Gasteiger partial charge on any atom is 0.260 e. The van der Waals surface area contributed by atoms with Crippen LogP contribution in [0.25, 0.3) is 54.9 Å². The monoisotopic (exact) mass is 710 g/mol. The average molecular weight is 711 g/mol. The summed E-state index contributed by atoms with van der Waals surface area (Å²) in [5.74, 6) is 3.53. The van der Waals surface area contributed by atoms with Gasteiger partial charge in [0.15, 0.2) is 0 Å². The molecule has 0 aliphatic carbocycles. The molecule has 0 radical (unpaired) electrons. The zero-order chi connectivity index (χ0) is 37.6. The van der Waals surface area contributed by atoms with Crippen molar-refractivity contribution in [3.63, 3.8) is 0 Å². The van der Waals surface area contributed by atoms with Gasteiger partial charge in [0, 0.05) is 5.46 Å². The van der Waals surface area contributed by atoms with Gasteiger partial charge in [-0.3, -0.25) is 0 Å². The normalized spacial score (nSPS) is 13.2. The van der Waals surface area contributed by atoms with Crippen LogP contribution < -0.4 is 25.9 Å². The fraction of sp³-hybridized carbons (Fsp3) is 0.154. The number of fused-ring (bicyclic) bond motifs is 6. The van der Waals surface area contributed by atoms with E-state index in [0.717, 1.165) is 39.6 Å². The fourth-order valence-electron chi connectivity index (χ4n) is 8.80. The van der Waals surface area contributed by atoms with Crippen molar-refractivity contribution in [1.82, 2.24) is 0 Å². The van der Waals surface area contributed by atoms with Crippen LogP contribution in [0.15, 0.2) is 152 Å². The van der Waals surface area contributed by atoms with Gasteiger partial charge in [-0.1, -0.05) is 163 Å². The van der Waals surface area contributed by atoms with Crippen molar-refractivity contribution in [1.29, 1.82) is 0 Å². The van der Waals surface area contributed by atoms with Gasteiger partial charge >= 0.3 is 0 Å². The molecule has 8 aromatic rings. The summed E-state index contributed by atoms with van der Waals surface area (Å²) in [5.41, 5.74) is 13.0. The van der Waals surface area contributed by atoms with Crippen molar-refractivity contribution in [2.45, 2.75) is 52.4 Å². The van der Waals surface area contributed by atoms with Gasteiger partial charge in [0.2, 0.25) is 0 Å². The van der Waals surface area contributed by atoms with Gasteiger partial charge in [-0.15, -0.1) is 0 Å². The van der Waals surface area contributed by atoms with Crippen LogP contribution >= 0.6 is 0 Å². The SMILES string of the molecule is CC(C)(C)c1cc(-c2cc3c4c(c2)Oc2cc(C(C)(C)C)ccc2B4c2ccccc2O3)cc(-c2c3ccccc3c(-c3ccccc3)c3ccccc23)c1. The standard InChI is InChI=1S/C52H43BO2/c1-51(2,3)36-24-25-43-45(31-36)55-47-30-34(29-46-50(47)53(43)42-22-14-15-23-44(42)54-46)33-26-35(28-37(27-33)52(4,5)6)49-40-20-12-10-18-38(40)48(32-16-8-7-9-17-32)39-19-11-13-21-41(39)49/h7-31H,1-6H3. The molecule has 0 saturated carbocycles. The highest BCUT2D eigenvalue weighted by molar-refractivity contribution is 6.98. The molecule has 0 spiro atoms. The average Bonchev–Trinajstić information content (AvgIpc) is 3.18. The Kier molecular flexibility index (Phi) is 7.45. The highest BCUT2D eigenvalue weighted by Gasteiger charge is 2.40. The lowest BCUT2D eigenvalue weighted by Gasteiger charge is -2.34. The van der Waals surface area contributed by atoms with E-state index in [2.05, 4.69) is 193 Å². The second kappa shape index (κ2) is 12.2. The minimum absolute atomic E-state index is 0.00328. The molecule has 0 aromatic heterocycles. The van der Waals surface area contributed by atoms with E-state index in [4.69, 9.17) is 9.47 Å². The molecule has 8 aromatic carbocycles. The van der Waals surface area contributed by atoms with Crippen LogP contribution in [0.1, 0.15) is 52.7 Å². The summed E-state index contributed by atoms with van der Waals surface area (Å²) in [6.07, 6.45) is 0. The van der Waals surface area contributed by atoms with E-state index in [1.165, 1.54) is 65.9 Å². The van der Waals surface area contributed by atoms with E-state index in [0.29, 0.717) is 0 Å². The van der Waals surface area contributed by atoms with Crippen LogP contribution in [0.2, 0.25) is 0 Å². The maximum atomic E-state index is 6.94. The van der Waals surface area contributed by atoms with Crippen LogP contribution in [0.4, 0.5) is 0 Å². The fourth-order valence-corrected chi connectivity index (χ4v) is 8.80. The predicted octanol–water partition coefficient (Wildman–Crippen LogP) is 12.3. The smallest absolute Gasteiger partial charge is 0.260 e. The van der Waals surface area contributed by atoms with E-state index in [-0.39, 0.29) is 17.5 Å². The number of benzene rings is 8. The van der Waals surface area contributed by atoms with Gasteiger partial charge in [-0.05, 0) is 118 Å². The predicted molar refractivity (Wildman–Crippen MR) is 233 cm³/mol. The zero-order valence-electron chi connectivity index (χ0n) is 32.3. The molecule has 10 rings (SSSR count). The van der Waals surface area contributed by atoms with Gasteiger partial charge in [0.1, 0.15) is 23.0 Å². The first kappa shape index (κ1) is 33.5. The van der Waals surface area contributed by atoms with Gasteiger partial charge in [-0.2, -0.15) is 0 Å². The molecule has 0 saturated heterocycles. The Morgan fingerprint density at radius 3 is 1.47 bits per heavy atom. The summed E-state index contributed by atoms with van der Waals surface area (Å²) in [5, 5.41) is 5.00. The molecular formula is C52H43BO2. The third-order valence-electron chi connectivity index (χ3n) is 11.7. The molecule has 0 N–H and O–H groups in total. The van der Waals surface area contributed by atoms with Crippen molar-refractivity contribution < 1.29 is 9.47 Å². The summed E-state index contributed by atoms with van der Waals surface area (Å²) in [6, 6.07) is 55.5. The topological polar surface area (TPSA) is 18.5 Å². The van der Waals surface area contributed by atoms with Crippen LogP contribution in [-0.2, 0) is 10.8 Å². The first-order chi connectivity index (χ1) is 26.5. The first-order valence-corrected chi connectivity index (χ1v) is 19.5. The summed E-state index contributed by atoms with van der Waals surface area (Å²) < 4.78 is 13.7. The lowest BCUT2D eigenvalue weighted by molar-refractivity contribution is 0.463. The minimum atomic E-state index is -0.0951. The molecule has 0 amide bonds. The Bertz CT molecular complexity index is 2780. The molecule has 0 atom stereocenters. The Morgan fingerprint density at radius 2 is 0.855 bits per heavy atom. The third-order valence-corrected chi connectivity index (χ3v) is 11.7. The van der Waals surface area contributed by atoms with Gasteiger partial charge in [0.05, 0.1) is 0 Å². The second-order valence-electron chi connectivity index (χ2n) is 17.3. The van der Waals surface area contributed by atoms with E-state index in [1.54, 1.807) is 0 Å². The van der Waals surface area contributed by atoms with Crippen LogP contribution in [-0.4, -0.2) is 6.71 Å². The van der Waals surface area contributed by atoms with Crippen LogP contribution in [0.3, 0.4) is 0 Å². The Hall–Kier alpha value is -6.06. The molecule has 2 nitrogen and oxygen atoms in total. The van der Waals surface area contributed by atoms with E-state index >= 15 is 0 Å². The molecule has 0 unspecified atom stereocenters. The lowest BCUT2D eigenvalue weighted by atomic mass is 9.34. The largest absolute Gasteiger partial charge is 0.458 e. The molecule has 266 valence electrons. The quantitative estimate of drug-likeness (QED) is 0.134. The summed E-state index contributed by atoms with van der Waals surface area (Å²) in [7, 11) is 0. The second-order valence-corrected chi connectivity index (χ2v) is 17.3. The lowest BCUT2D eigenvalue weighted by Crippen LogP contribution is -2.57. The van der Waals surface area contributed by atoms with Crippen LogP contribution in [0.5, 0.6) is 23.0 Å². The van der Waals surface area contributed by atoms with Crippen molar-refractivity contribution >= 4 is 44.6 Å². The Morgan fingerprint density at radius 1 is 0.364 bits per heavy atom. The Labute approximate surface area is 324 Å². The van der Waals surface area contributed by atoms with Crippen molar-refractivity contribution in [2.24, 2.45) is 0 Å². The molecule has 3 heteroatoms. The van der Waals surface area contributed by atoms with Gasteiger partial charge < -0.3 is 9.47 Å². The molecule has 55 heavy (non-hydrogen) atoms. The molecular weight excluding hydrogens is 667 g/mol. The van der Waals surface area contributed by atoms with Gasteiger partial charge in [-0.25, -0.2) is 0 Å². The number of rotatable bonds is 3. The highest BCUT2D eigenvalue weighted by atomic mass is 16.5. The number of hydrogen-bond donors (Lipinski definition) is 0. The van der Waals surface area contributed by atoms with Crippen molar-refractivity contribution in [2.75, 3.05) is 0 Å². The van der Waals surface area contributed by atoms with E-state index in [9.17, 15) is 0 Å². The summed E-state index contributed by atoms with van der Waals surface area (Å²) in [6.45, 7) is 13.7. The summed E-state index contributed by atoms with van der Waals surface area (Å²) in [4.78, 5) is 0. The molecule has 2 aliphatic rings. The number of hydrogen-bond acceptors (Lipinski definition) is 2. The van der Waals surface area contributed by atoms with Crippen LogP contribution in [0, 0.1) is 0 Å². The Balaban J connectivity index is 1.22. The number of ether oxygens (including phenoxy) is 2. The molecule has 2 heterocycles. The maximum absolute atomic E-state index is 6.94. The summed E-state index contributed by atoms with van der Waals surface area (Å²) >= 11 is 0. The number of para-hydroxylation sites is 1. The first-order valence-electron chi connectivity index (χ1n) is 19.5. The van der Waals surface area contributed by atoms with E-state index in [1.807, 2.05) is 0 Å². The molecule has 2 aliphatic heterocycles. The molecule has 0 bridgehead atoms. The minimum Gasteiger partial charge on any atom is -0.458 e. The third kappa shape index (κ3) is 5.48. The van der Waals surface area contributed by atoms with Crippen molar-refractivity contribution in [3.05, 3.63) is 163 Å². The van der Waals surface area contributed by atoms with Crippen molar-refractivity contribution in [3.8, 4) is 56.4 Å². The highest BCUT2D eigenvalue weighted by Crippen LogP contribution is 2.46. The zero-order valence-corrected chi connectivity index (χ0v) is 32.3. The van der Waals surface area contributed by atoms with Gasteiger partial charge in [0.25, 0.3) is 6.71 Å². The molecule has 0 fully saturated rings. The van der Waals surface area contributed by atoms with E-state index < -0.39 is 0 Å².